The van der Waals surface area contributed by atoms with Gasteiger partial charge in [-0.1, -0.05) is 128 Å². The monoisotopic (exact) mass is 456 g/mol. The van der Waals surface area contributed by atoms with Crippen molar-refractivity contribution in [1.29, 1.82) is 0 Å². The number of hydrogen-bond donors (Lipinski definition) is 0. The van der Waals surface area contributed by atoms with Crippen LogP contribution in [0.25, 0.3) is 17.7 Å². The van der Waals surface area contributed by atoms with Crippen molar-refractivity contribution in [3.05, 3.63) is 125 Å². The molecule has 0 nitrogen and oxygen atoms in total. The first-order chi connectivity index (χ1) is 14.6. The molecule has 0 spiro atoms. The topological polar surface area (TPSA) is 0 Å². The molecule has 3 aromatic rings. The third kappa shape index (κ3) is 6.90. The fourth-order valence-electron chi connectivity index (χ4n) is 4.11. The molecular formula is C29H32SiTi+2. The van der Waals surface area contributed by atoms with Crippen LogP contribution in [0, 0.1) is 0 Å². The largest absolute Gasteiger partial charge is 2.00 e. The van der Waals surface area contributed by atoms with Crippen LogP contribution < -0.4 is 0 Å². The molecule has 1 aliphatic rings. The van der Waals surface area contributed by atoms with Gasteiger partial charge < -0.3 is 0 Å². The van der Waals surface area contributed by atoms with Gasteiger partial charge >= 0.3 is 21.7 Å². The van der Waals surface area contributed by atoms with Gasteiger partial charge in [-0.25, -0.2) is 0 Å². The molecule has 0 aromatic heterocycles. The SMILES string of the molecule is C(C=Cc1ccccc1)=Cc1ccccc1.CC1=C(C)C([SiH](C)C)c2ccccc21.[Ti+2]. The van der Waals surface area contributed by atoms with Crippen LogP contribution in [0.1, 0.15) is 41.6 Å². The molecule has 31 heavy (non-hydrogen) atoms. The van der Waals surface area contributed by atoms with Crippen molar-refractivity contribution >= 4 is 26.5 Å². The Morgan fingerprint density at radius 2 is 1.10 bits per heavy atom. The summed E-state index contributed by atoms with van der Waals surface area (Å²) < 4.78 is 0. The molecule has 0 radical (unpaired) electrons. The summed E-state index contributed by atoms with van der Waals surface area (Å²) in [6.07, 6.45) is 8.31. The van der Waals surface area contributed by atoms with E-state index in [4.69, 9.17) is 0 Å². The molecule has 0 saturated carbocycles. The van der Waals surface area contributed by atoms with E-state index in [1.54, 1.807) is 11.1 Å². The Kier molecular flexibility index (Phi) is 10.2. The molecule has 2 heteroatoms. The van der Waals surface area contributed by atoms with Crippen LogP contribution in [0.3, 0.4) is 0 Å². The summed E-state index contributed by atoms with van der Waals surface area (Å²) in [4.78, 5) is 0. The van der Waals surface area contributed by atoms with E-state index in [1.165, 1.54) is 22.3 Å². The summed E-state index contributed by atoms with van der Waals surface area (Å²) in [6.45, 7) is 9.48. The maximum atomic E-state index is 2.45. The predicted octanol–water partition coefficient (Wildman–Crippen LogP) is 8.01. The Balaban J connectivity index is 0.000000215. The van der Waals surface area contributed by atoms with Gasteiger partial charge in [-0.3, -0.25) is 0 Å². The maximum absolute atomic E-state index is 2.45. The van der Waals surface area contributed by atoms with Gasteiger partial charge in [0.2, 0.25) is 0 Å². The Hall–Kier alpha value is -2.19. The normalized spacial score (nSPS) is 15.1. The molecule has 154 valence electrons. The second-order valence-electron chi connectivity index (χ2n) is 8.16. The quantitative estimate of drug-likeness (QED) is 0.275. The molecule has 4 rings (SSSR count). The molecule has 0 fully saturated rings. The predicted molar refractivity (Wildman–Crippen MR) is 137 cm³/mol. The maximum Gasteiger partial charge on any atom is 2.00 e. The third-order valence-corrected chi connectivity index (χ3v) is 7.90. The summed E-state index contributed by atoms with van der Waals surface area (Å²) in [5.74, 6) is 0. The van der Waals surface area contributed by atoms with E-state index in [-0.39, 0.29) is 21.7 Å². The van der Waals surface area contributed by atoms with Crippen molar-refractivity contribution < 1.29 is 21.7 Å². The third-order valence-electron chi connectivity index (χ3n) is 5.71. The zero-order chi connectivity index (χ0) is 21.3. The summed E-state index contributed by atoms with van der Waals surface area (Å²) >= 11 is 0. The van der Waals surface area contributed by atoms with Crippen molar-refractivity contribution in [3.63, 3.8) is 0 Å². The van der Waals surface area contributed by atoms with E-state index in [1.807, 2.05) is 36.4 Å². The molecule has 1 aliphatic carbocycles. The van der Waals surface area contributed by atoms with E-state index in [2.05, 4.69) is 99.8 Å². The van der Waals surface area contributed by atoms with Crippen molar-refractivity contribution in [1.82, 2.24) is 0 Å². The van der Waals surface area contributed by atoms with Gasteiger partial charge in [-0.05, 0) is 47.2 Å². The molecule has 0 bridgehead atoms. The Morgan fingerprint density at radius 1 is 0.645 bits per heavy atom. The van der Waals surface area contributed by atoms with E-state index in [9.17, 15) is 0 Å². The van der Waals surface area contributed by atoms with E-state index in [0.717, 1.165) is 5.54 Å². The fourth-order valence-corrected chi connectivity index (χ4v) is 6.37. The van der Waals surface area contributed by atoms with Gasteiger partial charge in [0.15, 0.2) is 0 Å². The average molecular weight is 457 g/mol. The molecule has 0 amide bonds. The first kappa shape index (κ1) is 25.1. The van der Waals surface area contributed by atoms with Crippen molar-refractivity contribution in [2.75, 3.05) is 0 Å². The van der Waals surface area contributed by atoms with E-state index >= 15 is 0 Å². The van der Waals surface area contributed by atoms with Crippen LogP contribution >= 0.6 is 0 Å². The zero-order valence-corrected chi connectivity index (χ0v) is 21.8. The number of rotatable bonds is 4. The molecule has 0 saturated heterocycles. The fraction of sp³-hybridized carbons (Fsp3) is 0.172. The molecule has 0 N–H and O–H groups in total. The number of benzene rings is 3. The Morgan fingerprint density at radius 3 is 1.58 bits per heavy atom. The van der Waals surface area contributed by atoms with Gasteiger partial charge in [0.1, 0.15) is 0 Å². The molecule has 1 atom stereocenters. The zero-order valence-electron chi connectivity index (χ0n) is 19.0. The minimum atomic E-state index is -0.614. The number of allylic oxidation sites excluding steroid dienone is 4. The van der Waals surface area contributed by atoms with Crippen molar-refractivity contribution in [3.8, 4) is 0 Å². The molecule has 0 heterocycles. The van der Waals surface area contributed by atoms with E-state index in [0.29, 0.717) is 0 Å². The van der Waals surface area contributed by atoms with Gasteiger partial charge in [0, 0.05) is 8.80 Å². The first-order valence-corrected chi connectivity index (χ1v) is 13.8. The van der Waals surface area contributed by atoms with Gasteiger partial charge in [-0.15, -0.1) is 0 Å². The Labute approximate surface area is 204 Å². The van der Waals surface area contributed by atoms with Gasteiger partial charge in [-0.2, -0.15) is 0 Å². The second kappa shape index (κ2) is 12.6. The molecule has 1 unspecified atom stereocenters. The van der Waals surface area contributed by atoms with Crippen LogP contribution in [0.4, 0.5) is 0 Å². The minimum absolute atomic E-state index is 0. The molecule has 0 aliphatic heterocycles. The van der Waals surface area contributed by atoms with Crippen LogP contribution in [-0.4, -0.2) is 8.80 Å². The standard InChI is InChI=1S/C16H14.C13H18Si.Ti/c1-3-9-15(10-4-1)13-7-8-14-16-11-5-2-6-12-16;1-9-10(2)13(14(3)4)12-8-6-5-7-11(9)12;/h1-14H;5-8,13-14H,1-4H3;/q;;+2. The number of fused-ring (bicyclic) bond motifs is 1. The first-order valence-electron chi connectivity index (χ1n) is 10.8. The van der Waals surface area contributed by atoms with Gasteiger partial charge in [0.05, 0.1) is 0 Å². The van der Waals surface area contributed by atoms with Gasteiger partial charge in [0.25, 0.3) is 0 Å². The van der Waals surface area contributed by atoms with E-state index < -0.39 is 8.80 Å². The Bertz CT molecular complexity index is 983. The molecule has 3 aromatic carbocycles. The van der Waals surface area contributed by atoms with Crippen LogP contribution in [0.5, 0.6) is 0 Å². The second-order valence-corrected chi connectivity index (χ2v) is 11.3. The summed E-state index contributed by atoms with van der Waals surface area (Å²) in [6, 6.07) is 29.5. The van der Waals surface area contributed by atoms with Crippen molar-refractivity contribution in [2.45, 2.75) is 32.5 Å². The minimum Gasteiger partial charge on any atom is -0.0714 e. The van der Waals surface area contributed by atoms with Crippen LogP contribution in [0.15, 0.2) is 103 Å². The van der Waals surface area contributed by atoms with Crippen LogP contribution in [0.2, 0.25) is 13.1 Å². The summed E-state index contributed by atoms with van der Waals surface area (Å²) in [5, 5.41) is 0. The molecular weight excluding hydrogens is 424 g/mol. The van der Waals surface area contributed by atoms with Crippen molar-refractivity contribution in [2.24, 2.45) is 0 Å². The summed E-state index contributed by atoms with van der Waals surface area (Å²) in [5.41, 5.74) is 9.45. The number of hydrogen-bond acceptors (Lipinski definition) is 0. The summed E-state index contributed by atoms with van der Waals surface area (Å²) in [7, 11) is -0.614. The average Bonchev–Trinajstić information content (AvgIpc) is 3.04. The van der Waals surface area contributed by atoms with Crippen LogP contribution in [-0.2, 0) is 21.7 Å². The smallest absolute Gasteiger partial charge is 0.0714 e.